The summed E-state index contributed by atoms with van der Waals surface area (Å²) >= 11 is 0. The number of amides is 1. The Labute approximate surface area is 299 Å². The monoisotopic (exact) mass is 698 g/mol. The lowest BCUT2D eigenvalue weighted by atomic mass is 9.96. The van der Waals surface area contributed by atoms with Crippen LogP contribution in [0.3, 0.4) is 0 Å². The zero-order valence-electron chi connectivity index (χ0n) is 30.4. The topological polar surface area (TPSA) is 85.7 Å². The number of ether oxygens (including phenoxy) is 2. The van der Waals surface area contributed by atoms with Crippen LogP contribution in [0.5, 0.6) is 5.75 Å². The number of aryl methyl sites for hydroxylation is 1. The molecule has 0 saturated heterocycles. The Morgan fingerprint density at radius 2 is 1.72 bits per heavy atom. The van der Waals surface area contributed by atoms with E-state index in [1.807, 2.05) is 41.0 Å². The summed E-state index contributed by atoms with van der Waals surface area (Å²) in [5.74, 6) is 1.21. The molecule has 8 nitrogen and oxygen atoms in total. The van der Waals surface area contributed by atoms with Crippen molar-refractivity contribution in [1.29, 1.82) is 0 Å². The maximum absolute atomic E-state index is 13.9. The molecule has 0 bridgehead atoms. The highest BCUT2D eigenvalue weighted by molar-refractivity contribution is 8.02. The average Bonchev–Trinajstić information content (AvgIpc) is 3.58. The third kappa shape index (κ3) is 9.52. The summed E-state index contributed by atoms with van der Waals surface area (Å²) in [7, 11) is -2.84. The van der Waals surface area contributed by atoms with Gasteiger partial charge in [-0.3, -0.25) is 9.00 Å². The van der Waals surface area contributed by atoms with Crippen molar-refractivity contribution in [3.8, 4) is 16.9 Å². The van der Waals surface area contributed by atoms with Crippen LogP contribution in [-0.4, -0.2) is 58.8 Å². The molecular weight excluding hydrogens is 645 g/mol. The lowest BCUT2D eigenvalue weighted by Crippen LogP contribution is -2.30. The van der Waals surface area contributed by atoms with Crippen LogP contribution in [0.4, 0.5) is 11.4 Å². The number of thiol groups is 1. The molecule has 0 spiro atoms. The standard InChI is InChI=1S/C41H54N4O4S/c1-6-8-23-48-24-25-49-37-16-11-32(12-17-37)33-13-20-39-35(26-33)27-34(10-9-22-44(39)29-31(3)4)41(46)43-36-14-18-38(19-15-36)50(5,47)40-28-42-30-45(40)21-7-2/h11-20,26-28,30-31,50H,6-10,21-25,29H2,1-5H3,(H,43,46). The first kappa shape index (κ1) is 37.1. The molecule has 2 heterocycles. The van der Waals surface area contributed by atoms with Crippen molar-refractivity contribution in [3.05, 3.63) is 90.4 Å². The smallest absolute Gasteiger partial charge is 0.251 e. The molecule has 50 heavy (non-hydrogen) atoms. The fourth-order valence-corrected chi connectivity index (χ4v) is 8.26. The lowest BCUT2D eigenvalue weighted by Gasteiger charge is -2.30. The number of nitrogens with one attached hydrogen (secondary N) is 1. The fourth-order valence-electron chi connectivity index (χ4n) is 6.35. The number of imidazole rings is 1. The van der Waals surface area contributed by atoms with Crippen LogP contribution in [0.15, 0.2) is 94.7 Å². The van der Waals surface area contributed by atoms with Gasteiger partial charge >= 0.3 is 0 Å². The van der Waals surface area contributed by atoms with E-state index in [0.29, 0.717) is 31.2 Å². The lowest BCUT2D eigenvalue weighted by molar-refractivity contribution is -0.112. The van der Waals surface area contributed by atoms with Crippen LogP contribution in [0.1, 0.15) is 65.4 Å². The second-order valence-corrected chi connectivity index (χ2v) is 16.4. The number of nitrogens with zero attached hydrogens (tertiary/aromatic N) is 3. The van der Waals surface area contributed by atoms with Gasteiger partial charge in [0.05, 0.1) is 19.1 Å². The van der Waals surface area contributed by atoms with E-state index < -0.39 is 9.93 Å². The van der Waals surface area contributed by atoms with Gasteiger partial charge in [-0.2, -0.15) is 0 Å². The number of aromatic nitrogens is 2. The molecule has 4 aromatic rings. The Balaban J connectivity index is 1.34. The molecule has 1 aliphatic heterocycles. The molecule has 0 unspecified atom stereocenters. The molecule has 1 aromatic heterocycles. The number of benzene rings is 3. The van der Waals surface area contributed by atoms with E-state index in [0.717, 1.165) is 95.5 Å². The van der Waals surface area contributed by atoms with Gasteiger partial charge in [-0.1, -0.05) is 52.3 Å². The van der Waals surface area contributed by atoms with Gasteiger partial charge in [0.25, 0.3) is 5.91 Å². The van der Waals surface area contributed by atoms with E-state index >= 15 is 0 Å². The average molecular weight is 699 g/mol. The van der Waals surface area contributed by atoms with E-state index in [1.165, 1.54) is 0 Å². The van der Waals surface area contributed by atoms with E-state index in [9.17, 15) is 9.00 Å². The Morgan fingerprint density at radius 1 is 0.960 bits per heavy atom. The summed E-state index contributed by atoms with van der Waals surface area (Å²) in [4.78, 5) is 21.2. The molecule has 9 heteroatoms. The minimum Gasteiger partial charge on any atom is -0.491 e. The summed E-state index contributed by atoms with van der Waals surface area (Å²) in [5.41, 5.74) is 5.76. The van der Waals surface area contributed by atoms with E-state index in [4.69, 9.17) is 9.47 Å². The quantitative estimate of drug-likeness (QED) is 0.0902. The zero-order chi connectivity index (χ0) is 35.5. The minimum atomic E-state index is -2.84. The van der Waals surface area contributed by atoms with E-state index in [2.05, 4.69) is 79.3 Å². The van der Waals surface area contributed by atoms with Crippen molar-refractivity contribution in [1.82, 2.24) is 9.55 Å². The second-order valence-electron chi connectivity index (χ2n) is 13.6. The van der Waals surface area contributed by atoms with Crippen molar-refractivity contribution in [2.24, 2.45) is 5.92 Å². The molecule has 3 aromatic carbocycles. The van der Waals surface area contributed by atoms with Gasteiger partial charge in [-0.15, -0.1) is 0 Å². The molecular formula is C41H54N4O4S. The number of hydrogen-bond acceptors (Lipinski definition) is 6. The predicted molar refractivity (Wildman–Crippen MR) is 207 cm³/mol. The first-order valence-corrected chi connectivity index (χ1v) is 20.3. The Hall–Kier alpha value is -4.21. The van der Waals surface area contributed by atoms with Gasteiger partial charge in [0, 0.05) is 48.1 Å². The minimum absolute atomic E-state index is 0.118. The highest BCUT2D eigenvalue weighted by atomic mass is 32.2. The van der Waals surface area contributed by atoms with Gasteiger partial charge in [0.2, 0.25) is 0 Å². The third-order valence-electron chi connectivity index (χ3n) is 8.99. The number of anilines is 2. The summed E-state index contributed by atoms with van der Waals surface area (Å²) in [5, 5.41) is 3.86. The summed E-state index contributed by atoms with van der Waals surface area (Å²) in [6.45, 7) is 13.2. The van der Waals surface area contributed by atoms with Gasteiger partial charge < -0.3 is 24.3 Å². The summed E-state index contributed by atoms with van der Waals surface area (Å²) < 4.78 is 27.4. The molecule has 0 saturated carbocycles. The van der Waals surface area contributed by atoms with Gasteiger partial charge in [-0.25, -0.2) is 4.98 Å². The number of hydrogen-bond donors (Lipinski definition) is 2. The van der Waals surface area contributed by atoms with Crippen LogP contribution >= 0.6 is 0 Å². The van der Waals surface area contributed by atoms with Gasteiger partial charge in [0.1, 0.15) is 17.4 Å². The number of rotatable bonds is 16. The summed E-state index contributed by atoms with van der Waals surface area (Å²) in [6.07, 6.45) is 12.0. The Kier molecular flexibility index (Phi) is 13.1. The van der Waals surface area contributed by atoms with Crippen LogP contribution in [0.2, 0.25) is 0 Å². The van der Waals surface area contributed by atoms with Gasteiger partial charge in [-0.05, 0) is 119 Å². The molecule has 1 N–H and O–H groups in total. The molecule has 0 fully saturated rings. The van der Waals surface area contributed by atoms with Crippen molar-refractivity contribution >= 4 is 33.3 Å². The van der Waals surface area contributed by atoms with Crippen molar-refractivity contribution in [2.75, 3.05) is 49.4 Å². The van der Waals surface area contributed by atoms with Crippen LogP contribution in [-0.2, 0) is 26.0 Å². The second kappa shape index (κ2) is 17.6. The van der Waals surface area contributed by atoms with E-state index in [1.54, 1.807) is 18.8 Å². The number of carbonyl (C=O) groups is 1. The predicted octanol–water partition coefficient (Wildman–Crippen LogP) is 8.50. The zero-order valence-corrected chi connectivity index (χ0v) is 31.3. The van der Waals surface area contributed by atoms with Crippen LogP contribution < -0.4 is 15.0 Å². The van der Waals surface area contributed by atoms with Crippen molar-refractivity contribution < 1.29 is 18.5 Å². The largest absolute Gasteiger partial charge is 0.491 e. The van der Waals surface area contributed by atoms with Crippen LogP contribution in [0.25, 0.3) is 17.2 Å². The molecule has 1 amide bonds. The number of carbonyl (C=O) groups excluding carboxylic acids is 1. The maximum Gasteiger partial charge on any atom is 0.251 e. The first-order chi connectivity index (χ1) is 24.2. The molecule has 5 rings (SSSR count). The first-order valence-electron chi connectivity index (χ1n) is 18.1. The normalized spacial score (nSPS) is 13.7. The van der Waals surface area contributed by atoms with Crippen LogP contribution in [0, 0.1) is 5.92 Å². The van der Waals surface area contributed by atoms with Crippen molar-refractivity contribution in [3.63, 3.8) is 0 Å². The SMILES string of the molecule is CCCCOCCOc1ccc(-c2ccc3c(c2)C=C(C(=O)Nc2ccc([SH](C)(=O)c4cncn4CCC)cc2)CCCN3CC(C)C)cc1. The van der Waals surface area contributed by atoms with E-state index in [-0.39, 0.29) is 5.91 Å². The number of fused-ring (bicyclic) bond motifs is 1. The Bertz CT molecular complexity index is 1780. The highest BCUT2D eigenvalue weighted by Gasteiger charge is 2.21. The van der Waals surface area contributed by atoms with Gasteiger partial charge in [0.15, 0.2) is 0 Å². The Morgan fingerprint density at radius 3 is 2.44 bits per heavy atom. The number of unbranched alkanes of at least 4 members (excludes halogenated alkanes) is 1. The summed E-state index contributed by atoms with van der Waals surface area (Å²) in [6, 6.07) is 22.1. The molecule has 0 radical (unpaired) electrons. The highest BCUT2D eigenvalue weighted by Crippen LogP contribution is 2.34. The third-order valence-corrected chi connectivity index (χ3v) is 11.5. The molecule has 268 valence electrons. The van der Waals surface area contributed by atoms with Crippen molar-refractivity contribution in [2.45, 2.75) is 76.3 Å². The fraction of sp³-hybridized carbons (Fsp3) is 0.415. The molecule has 1 aliphatic rings. The molecule has 0 atom stereocenters. The maximum atomic E-state index is 13.9. The molecule has 0 aliphatic carbocycles.